The molecule has 0 N–H and O–H groups in total. The zero-order valence-electron chi connectivity index (χ0n) is 8.85. The van der Waals surface area contributed by atoms with E-state index < -0.39 is 28.6 Å². The maximum Gasteiger partial charge on any atom is 0.573 e. The normalized spacial score (nSPS) is 17.4. The summed E-state index contributed by atoms with van der Waals surface area (Å²) in [6.07, 6.45) is -4.09. The fraction of sp³-hybridized carbons (Fsp3) is 0.364. The van der Waals surface area contributed by atoms with Crippen LogP contribution in [0.3, 0.4) is 0 Å². The lowest BCUT2D eigenvalue weighted by atomic mass is 9.97. The molecule has 0 unspecified atom stereocenters. The van der Waals surface area contributed by atoms with Gasteiger partial charge in [0.05, 0.1) is 5.41 Å². The number of hydrogen-bond acceptors (Lipinski definition) is 2. The fourth-order valence-electron chi connectivity index (χ4n) is 1.78. The number of carbonyl (C=O) groups is 1. The molecule has 98 valence electrons. The monoisotopic (exact) mass is 282 g/mol. The summed E-state index contributed by atoms with van der Waals surface area (Å²) >= 11 is 5.37. The van der Waals surface area contributed by atoms with Crippen LogP contribution in [0.25, 0.3) is 0 Å². The van der Waals surface area contributed by atoms with Gasteiger partial charge in [0, 0.05) is 11.6 Å². The zero-order valence-corrected chi connectivity index (χ0v) is 9.61. The Morgan fingerprint density at radius 3 is 2.33 bits per heavy atom. The Bertz CT molecular complexity index is 494. The number of halogens is 5. The lowest BCUT2D eigenvalue weighted by Crippen LogP contribution is -2.19. The van der Waals surface area contributed by atoms with Crippen molar-refractivity contribution < 1.29 is 27.1 Å². The maximum atomic E-state index is 13.7. The van der Waals surface area contributed by atoms with E-state index in [1.807, 2.05) is 0 Å². The lowest BCUT2D eigenvalue weighted by molar-refractivity contribution is -0.274. The summed E-state index contributed by atoms with van der Waals surface area (Å²) < 4.78 is 53.0. The molecule has 2 rings (SSSR count). The third-order valence-electron chi connectivity index (χ3n) is 2.82. The molecule has 0 amide bonds. The van der Waals surface area contributed by atoms with Gasteiger partial charge in [-0.15, -0.1) is 13.2 Å². The molecular weight excluding hydrogens is 276 g/mol. The highest BCUT2D eigenvalue weighted by Crippen LogP contribution is 2.51. The Labute approximate surface area is 104 Å². The van der Waals surface area contributed by atoms with Gasteiger partial charge in [-0.2, -0.15) is 0 Å². The van der Waals surface area contributed by atoms with Gasteiger partial charge in [0.2, 0.25) is 5.24 Å². The van der Waals surface area contributed by atoms with E-state index in [-0.39, 0.29) is 5.56 Å². The van der Waals surface area contributed by atoms with Gasteiger partial charge in [-0.05, 0) is 30.5 Å². The topological polar surface area (TPSA) is 26.3 Å². The molecule has 1 saturated carbocycles. The second-order valence-electron chi connectivity index (χ2n) is 4.05. The second-order valence-corrected chi connectivity index (χ2v) is 4.39. The molecule has 18 heavy (non-hydrogen) atoms. The summed E-state index contributed by atoms with van der Waals surface area (Å²) in [4.78, 5) is 11.2. The van der Waals surface area contributed by atoms with E-state index in [1.165, 1.54) is 0 Å². The Kier molecular flexibility index (Phi) is 3.01. The van der Waals surface area contributed by atoms with E-state index >= 15 is 0 Å². The molecule has 0 aliphatic heterocycles. The molecule has 0 saturated heterocycles. The standard InChI is InChI=1S/C11H7ClF4O2/c12-9(17)10(3-4-10)7-2-1-6(5-8(7)13)18-11(14,15)16/h1-2,5H,3-4H2. The quantitative estimate of drug-likeness (QED) is 0.626. The molecule has 1 fully saturated rings. The molecule has 1 aromatic carbocycles. The van der Waals surface area contributed by atoms with Gasteiger partial charge < -0.3 is 4.74 Å². The molecule has 1 aliphatic carbocycles. The first-order chi connectivity index (χ1) is 8.24. The Morgan fingerprint density at radius 2 is 1.94 bits per heavy atom. The fourth-order valence-corrected chi connectivity index (χ4v) is 2.07. The Balaban J connectivity index is 2.29. The van der Waals surface area contributed by atoms with Gasteiger partial charge in [-0.25, -0.2) is 4.39 Å². The van der Waals surface area contributed by atoms with Crippen LogP contribution < -0.4 is 4.74 Å². The molecule has 0 bridgehead atoms. The zero-order chi connectivity index (χ0) is 13.6. The van der Waals surface area contributed by atoms with E-state index in [2.05, 4.69) is 4.74 Å². The number of ether oxygens (including phenoxy) is 1. The van der Waals surface area contributed by atoms with E-state index in [4.69, 9.17) is 11.6 Å². The van der Waals surface area contributed by atoms with Crippen LogP contribution in [0.1, 0.15) is 18.4 Å². The first-order valence-electron chi connectivity index (χ1n) is 5.00. The molecule has 2 nitrogen and oxygen atoms in total. The minimum Gasteiger partial charge on any atom is -0.406 e. The van der Waals surface area contributed by atoms with E-state index in [0.717, 1.165) is 12.1 Å². The van der Waals surface area contributed by atoms with Crippen LogP contribution in [0.5, 0.6) is 5.75 Å². The molecule has 7 heteroatoms. The average molecular weight is 283 g/mol. The first-order valence-corrected chi connectivity index (χ1v) is 5.38. The van der Waals surface area contributed by atoms with Gasteiger partial charge in [-0.1, -0.05) is 6.07 Å². The van der Waals surface area contributed by atoms with Crippen molar-refractivity contribution in [3.05, 3.63) is 29.6 Å². The summed E-state index contributed by atoms with van der Waals surface area (Å²) in [6, 6.07) is 2.66. The predicted octanol–water partition coefficient (Wildman–Crippen LogP) is 3.52. The predicted molar refractivity (Wildman–Crippen MR) is 54.9 cm³/mol. The smallest absolute Gasteiger partial charge is 0.406 e. The molecule has 1 aliphatic rings. The first kappa shape index (κ1) is 13.1. The Hall–Kier alpha value is -1.30. The number of hydrogen-bond donors (Lipinski definition) is 0. The molecule has 0 aromatic heterocycles. The van der Waals surface area contributed by atoms with Gasteiger partial charge in [0.15, 0.2) is 0 Å². The summed E-state index contributed by atoms with van der Waals surface area (Å²) in [7, 11) is 0. The van der Waals surface area contributed by atoms with Crippen molar-refractivity contribution in [2.24, 2.45) is 0 Å². The average Bonchev–Trinajstić information content (AvgIpc) is 2.95. The summed E-state index contributed by atoms with van der Waals surface area (Å²) in [5.41, 5.74) is -1.07. The third kappa shape index (κ3) is 2.43. The summed E-state index contributed by atoms with van der Waals surface area (Å²) in [5, 5.41) is -0.703. The van der Waals surface area contributed by atoms with Crippen molar-refractivity contribution in [3.8, 4) is 5.75 Å². The number of carbonyl (C=O) groups excluding carboxylic acids is 1. The molecule has 1 aromatic rings. The Morgan fingerprint density at radius 1 is 1.33 bits per heavy atom. The van der Waals surface area contributed by atoms with Crippen LogP contribution in [0.15, 0.2) is 18.2 Å². The minimum absolute atomic E-state index is 0.0111. The highest BCUT2D eigenvalue weighted by atomic mass is 35.5. The van der Waals surface area contributed by atoms with Crippen molar-refractivity contribution in [2.75, 3.05) is 0 Å². The van der Waals surface area contributed by atoms with Crippen molar-refractivity contribution in [1.82, 2.24) is 0 Å². The van der Waals surface area contributed by atoms with E-state index in [9.17, 15) is 22.4 Å². The summed E-state index contributed by atoms with van der Waals surface area (Å²) in [5.74, 6) is -1.59. The van der Waals surface area contributed by atoms with Crippen LogP contribution in [-0.4, -0.2) is 11.6 Å². The summed E-state index contributed by atoms with van der Waals surface area (Å²) in [6.45, 7) is 0. The molecule has 0 spiro atoms. The van der Waals surface area contributed by atoms with Crippen LogP contribution >= 0.6 is 11.6 Å². The highest BCUT2D eigenvalue weighted by molar-refractivity contribution is 6.66. The van der Waals surface area contributed by atoms with Crippen molar-refractivity contribution >= 4 is 16.8 Å². The minimum atomic E-state index is -4.88. The van der Waals surface area contributed by atoms with Gasteiger partial charge in [0.1, 0.15) is 11.6 Å². The van der Waals surface area contributed by atoms with Crippen LogP contribution in [0.4, 0.5) is 17.6 Å². The molecule has 0 heterocycles. The van der Waals surface area contributed by atoms with Gasteiger partial charge >= 0.3 is 6.36 Å². The molecular formula is C11H7ClF4O2. The maximum absolute atomic E-state index is 13.7. The van der Waals surface area contributed by atoms with Crippen LogP contribution in [0, 0.1) is 5.82 Å². The van der Waals surface area contributed by atoms with Gasteiger partial charge in [0.25, 0.3) is 0 Å². The van der Waals surface area contributed by atoms with Crippen LogP contribution in [0.2, 0.25) is 0 Å². The van der Waals surface area contributed by atoms with Crippen LogP contribution in [-0.2, 0) is 10.2 Å². The number of rotatable bonds is 3. The van der Waals surface area contributed by atoms with Crippen molar-refractivity contribution in [2.45, 2.75) is 24.6 Å². The van der Waals surface area contributed by atoms with E-state index in [1.54, 1.807) is 0 Å². The molecule has 0 atom stereocenters. The van der Waals surface area contributed by atoms with E-state index in [0.29, 0.717) is 18.9 Å². The second kappa shape index (κ2) is 4.12. The number of alkyl halides is 3. The largest absolute Gasteiger partial charge is 0.573 e. The van der Waals surface area contributed by atoms with Crippen molar-refractivity contribution in [3.63, 3.8) is 0 Å². The van der Waals surface area contributed by atoms with Crippen molar-refractivity contribution in [1.29, 1.82) is 0 Å². The number of benzene rings is 1. The van der Waals surface area contributed by atoms with Gasteiger partial charge in [-0.3, -0.25) is 4.79 Å². The molecule has 0 radical (unpaired) electrons. The third-order valence-corrected chi connectivity index (χ3v) is 3.18. The highest BCUT2D eigenvalue weighted by Gasteiger charge is 2.52. The lowest BCUT2D eigenvalue weighted by Gasteiger charge is -2.14. The SMILES string of the molecule is O=C(Cl)C1(c2ccc(OC(F)(F)F)cc2F)CC1.